The molecular weight excluding hydrogens is 318 g/mol. The maximum Gasteiger partial charge on any atom is 0.240 e. The summed E-state index contributed by atoms with van der Waals surface area (Å²) in [5.74, 6) is 0. The van der Waals surface area contributed by atoms with Gasteiger partial charge < -0.3 is 5.32 Å². The number of hydrogen-bond acceptors (Lipinski definition) is 5. The molecule has 7 heteroatoms. The van der Waals surface area contributed by atoms with E-state index in [0.29, 0.717) is 13.1 Å². The van der Waals surface area contributed by atoms with Crippen molar-refractivity contribution < 1.29 is 8.42 Å². The van der Waals surface area contributed by atoms with Crippen molar-refractivity contribution in [1.82, 2.24) is 15.0 Å². The molecule has 0 aliphatic heterocycles. The third-order valence-corrected chi connectivity index (χ3v) is 5.50. The van der Waals surface area contributed by atoms with Gasteiger partial charge in [-0.2, -0.15) is 0 Å². The molecule has 0 fully saturated rings. The Labute approximate surface area is 135 Å². The number of benzene rings is 1. The molecule has 2 aromatic rings. The molecule has 1 aromatic carbocycles. The minimum absolute atomic E-state index is 0.272. The lowest BCUT2D eigenvalue weighted by atomic mass is 10.2. The number of rotatable bonds is 8. The van der Waals surface area contributed by atoms with Crippen LogP contribution in [0.3, 0.4) is 0 Å². The van der Waals surface area contributed by atoms with Gasteiger partial charge in [-0.15, -0.1) is 11.3 Å². The number of aryl methyl sites for hydroxylation is 1. The van der Waals surface area contributed by atoms with Crippen molar-refractivity contribution >= 4 is 21.4 Å². The van der Waals surface area contributed by atoms with E-state index in [1.165, 1.54) is 11.3 Å². The van der Waals surface area contributed by atoms with Gasteiger partial charge in [0.2, 0.25) is 10.0 Å². The van der Waals surface area contributed by atoms with E-state index in [9.17, 15) is 8.42 Å². The van der Waals surface area contributed by atoms with Crippen LogP contribution in [0.25, 0.3) is 10.6 Å². The zero-order valence-electron chi connectivity index (χ0n) is 12.8. The molecule has 0 bridgehead atoms. The smallest absolute Gasteiger partial charge is 0.240 e. The van der Waals surface area contributed by atoms with Crippen LogP contribution in [0, 0.1) is 6.92 Å². The van der Waals surface area contributed by atoms with Crippen LogP contribution in [0.4, 0.5) is 0 Å². The van der Waals surface area contributed by atoms with Crippen molar-refractivity contribution in [3.05, 3.63) is 35.3 Å². The number of sulfonamides is 1. The van der Waals surface area contributed by atoms with E-state index in [1.807, 2.05) is 18.4 Å². The normalized spacial score (nSPS) is 11.7. The average molecular weight is 339 g/mol. The van der Waals surface area contributed by atoms with Crippen molar-refractivity contribution in [3.8, 4) is 10.6 Å². The van der Waals surface area contributed by atoms with Gasteiger partial charge in [0.15, 0.2) is 0 Å². The average Bonchev–Trinajstić information content (AvgIpc) is 2.94. The van der Waals surface area contributed by atoms with Crippen LogP contribution in [-0.2, 0) is 10.0 Å². The standard InChI is InChI=1S/C15H21N3O2S2/c1-3-7-16-8-9-17-22(19,20)14-6-4-5-13(10-14)15-18-12(2)11-21-15/h4-6,10-11,16-17H,3,7-9H2,1-2H3. The molecule has 0 spiro atoms. The van der Waals surface area contributed by atoms with E-state index in [-0.39, 0.29) is 4.90 Å². The first-order chi connectivity index (χ1) is 10.5. The van der Waals surface area contributed by atoms with Crippen LogP contribution in [0.15, 0.2) is 34.5 Å². The summed E-state index contributed by atoms with van der Waals surface area (Å²) >= 11 is 1.51. The largest absolute Gasteiger partial charge is 0.315 e. The second kappa shape index (κ2) is 7.82. The van der Waals surface area contributed by atoms with Gasteiger partial charge in [-0.05, 0) is 32.0 Å². The van der Waals surface area contributed by atoms with Gasteiger partial charge in [0.25, 0.3) is 0 Å². The molecule has 0 saturated carbocycles. The van der Waals surface area contributed by atoms with Crippen LogP contribution in [0.1, 0.15) is 19.0 Å². The highest BCUT2D eigenvalue weighted by Gasteiger charge is 2.14. The Morgan fingerprint density at radius 1 is 1.23 bits per heavy atom. The van der Waals surface area contributed by atoms with Gasteiger partial charge >= 0.3 is 0 Å². The molecule has 0 saturated heterocycles. The monoisotopic (exact) mass is 339 g/mol. The lowest BCUT2D eigenvalue weighted by Gasteiger charge is -2.08. The van der Waals surface area contributed by atoms with Gasteiger partial charge in [-0.25, -0.2) is 18.1 Å². The second-order valence-electron chi connectivity index (χ2n) is 4.97. The molecule has 2 N–H and O–H groups in total. The Balaban J connectivity index is 2.08. The van der Waals surface area contributed by atoms with Gasteiger partial charge in [0, 0.05) is 29.7 Å². The number of aromatic nitrogens is 1. The molecule has 22 heavy (non-hydrogen) atoms. The summed E-state index contributed by atoms with van der Waals surface area (Å²) in [5, 5.41) is 5.95. The summed E-state index contributed by atoms with van der Waals surface area (Å²) in [6.45, 7) is 5.89. The Kier molecular flexibility index (Phi) is 6.07. The number of nitrogens with one attached hydrogen (secondary N) is 2. The number of nitrogens with zero attached hydrogens (tertiary/aromatic N) is 1. The summed E-state index contributed by atoms with van der Waals surface area (Å²) in [5.41, 5.74) is 1.76. The summed E-state index contributed by atoms with van der Waals surface area (Å²) in [4.78, 5) is 4.66. The van der Waals surface area contributed by atoms with E-state index in [0.717, 1.165) is 29.2 Å². The van der Waals surface area contributed by atoms with Gasteiger partial charge in [0.05, 0.1) is 4.90 Å². The predicted octanol–water partition coefficient (Wildman–Crippen LogP) is 2.40. The third-order valence-electron chi connectivity index (χ3n) is 3.03. The molecule has 0 radical (unpaired) electrons. The van der Waals surface area contributed by atoms with Crippen LogP contribution in [0.5, 0.6) is 0 Å². The molecule has 1 heterocycles. The highest BCUT2D eigenvalue weighted by atomic mass is 32.2. The van der Waals surface area contributed by atoms with Crippen molar-refractivity contribution in [1.29, 1.82) is 0 Å². The fraction of sp³-hybridized carbons (Fsp3) is 0.400. The summed E-state index contributed by atoms with van der Waals surface area (Å²) < 4.78 is 27.2. The van der Waals surface area contributed by atoms with Crippen molar-refractivity contribution in [2.24, 2.45) is 0 Å². The molecule has 0 atom stereocenters. The quantitative estimate of drug-likeness (QED) is 0.725. The molecule has 120 valence electrons. The maximum atomic E-state index is 12.3. The first kappa shape index (κ1) is 17.1. The molecule has 1 aromatic heterocycles. The first-order valence-electron chi connectivity index (χ1n) is 7.26. The van der Waals surface area contributed by atoms with Crippen molar-refractivity contribution in [3.63, 3.8) is 0 Å². The summed E-state index contributed by atoms with van der Waals surface area (Å²) in [7, 11) is -3.48. The molecule has 0 aliphatic carbocycles. The minimum atomic E-state index is -3.48. The highest BCUT2D eigenvalue weighted by Crippen LogP contribution is 2.25. The molecule has 5 nitrogen and oxygen atoms in total. The first-order valence-corrected chi connectivity index (χ1v) is 9.62. The van der Waals surface area contributed by atoms with Crippen LogP contribution < -0.4 is 10.0 Å². The summed E-state index contributed by atoms with van der Waals surface area (Å²) in [6, 6.07) is 6.89. The SMILES string of the molecule is CCCNCCNS(=O)(=O)c1cccc(-c2nc(C)cs2)c1. The fourth-order valence-electron chi connectivity index (χ4n) is 1.94. The molecule has 0 amide bonds. The number of thiazole rings is 1. The van der Waals surface area contributed by atoms with Crippen LogP contribution in [-0.4, -0.2) is 33.0 Å². The minimum Gasteiger partial charge on any atom is -0.315 e. The summed E-state index contributed by atoms with van der Waals surface area (Å²) in [6.07, 6.45) is 1.03. The van der Waals surface area contributed by atoms with Gasteiger partial charge in [-0.3, -0.25) is 0 Å². The topological polar surface area (TPSA) is 71.1 Å². The van der Waals surface area contributed by atoms with Crippen molar-refractivity contribution in [2.75, 3.05) is 19.6 Å². The van der Waals surface area contributed by atoms with Crippen molar-refractivity contribution in [2.45, 2.75) is 25.2 Å². The molecule has 2 rings (SSSR count). The van der Waals surface area contributed by atoms with Crippen LogP contribution >= 0.6 is 11.3 Å². The molecular formula is C15H21N3O2S2. The Bertz CT molecular complexity index is 711. The van der Waals surface area contributed by atoms with Gasteiger partial charge in [-0.1, -0.05) is 19.1 Å². The molecule has 0 unspecified atom stereocenters. The molecule has 0 aliphatic rings. The predicted molar refractivity (Wildman–Crippen MR) is 90.6 cm³/mol. The lowest BCUT2D eigenvalue weighted by Crippen LogP contribution is -2.32. The van der Waals surface area contributed by atoms with E-state index >= 15 is 0 Å². The van der Waals surface area contributed by atoms with Crippen LogP contribution in [0.2, 0.25) is 0 Å². The fourth-order valence-corrected chi connectivity index (χ4v) is 3.81. The van der Waals surface area contributed by atoms with E-state index in [1.54, 1.807) is 18.2 Å². The highest BCUT2D eigenvalue weighted by molar-refractivity contribution is 7.89. The Hall–Kier alpha value is -1.28. The van der Waals surface area contributed by atoms with E-state index < -0.39 is 10.0 Å². The van der Waals surface area contributed by atoms with E-state index in [4.69, 9.17) is 0 Å². The van der Waals surface area contributed by atoms with Gasteiger partial charge in [0.1, 0.15) is 5.01 Å². The zero-order valence-corrected chi connectivity index (χ0v) is 14.4. The zero-order chi connectivity index (χ0) is 16.0. The third kappa shape index (κ3) is 4.61. The number of hydrogen-bond donors (Lipinski definition) is 2. The maximum absolute atomic E-state index is 12.3. The lowest BCUT2D eigenvalue weighted by molar-refractivity contribution is 0.575. The Morgan fingerprint density at radius 2 is 2.05 bits per heavy atom. The second-order valence-corrected chi connectivity index (χ2v) is 7.59. The van der Waals surface area contributed by atoms with E-state index in [2.05, 4.69) is 21.9 Å². The Morgan fingerprint density at radius 3 is 2.73 bits per heavy atom.